The SMILES string of the molecule is CCCCCCCCCCCCCc1[c]cc[c]c1. The van der Waals surface area contributed by atoms with Gasteiger partial charge >= 0.3 is 0 Å². The average molecular weight is 258 g/mol. The van der Waals surface area contributed by atoms with Crippen LogP contribution in [0.25, 0.3) is 0 Å². The molecule has 0 aromatic heterocycles. The molecule has 1 aromatic rings. The molecule has 0 atom stereocenters. The number of hydrogen-bond acceptors (Lipinski definition) is 0. The third-order valence-corrected chi connectivity index (χ3v) is 3.76. The lowest BCUT2D eigenvalue weighted by Crippen LogP contribution is -1.86. The van der Waals surface area contributed by atoms with Crippen molar-refractivity contribution in [3.8, 4) is 0 Å². The molecule has 0 unspecified atom stereocenters. The molecule has 0 amide bonds. The quantitative estimate of drug-likeness (QED) is 0.395. The number of unbranched alkanes of at least 4 members (excludes halogenated alkanes) is 10. The van der Waals surface area contributed by atoms with Crippen LogP contribution in [-0.4, -0.2) is 0 Å². The van der Waals surface area contributed by atoms with Crippen molar-refractivity contribution in [2.75, 3.05) is 0 Å². The van der Waals surface area contributed by atoms with Gasteiger partial charge in [0.2, 0.25) is 0 Å². The lowest BCUT2D eigenvalue weighted by atomic mass is 10.0. The topological polar surface area (TPSA) is 0 Å². The van der Waals surface area contributed by atoms with Crippen molar-refractivity contribution in [1.82, 2.24) is 0 Å². The molecule has 0 aliphatic heterocycles. The van der Waals surface area contributed by atoms with Crippen LogP contribution >= 0.6 is 0 Å². The Morgan fingerprint density at radius 1 is 0.737 bits per heavy atom. The minimum absolute atomic E-state index is 1.17. The zero-order valence-corrected chi connectivity index (χ0v) is 12.7. The van der Waals surface area contributed by atoms with Crippen molar-refractivity contribution in [2.24, 2.45) is 0 Å². The lowest BCUT2D eigenvalue weighted by Gasteiger charge is -2.03. The van der Waals surface area contributed by atoms with Gasteiger partial charge in [0, 0.05) is 0 Å². The third kappa shape index (κ3) is 9.76. The molecule has 106 valence electrons. The minimum Gasteiger partial charge on any atom is -0.0654 e. The first-order valence-corrected chi connectivity index (χ1v) is 8.30. The summed E-state index contributed by atoms with van der Waals surface area (Å²) in [5.41, 5.74) is 1.32. The van der Waals surface area contributed by atoms with Crippen LogP contribution in [0.2, 0.25) is 0 Å². The van der Waals surface area contributed by atoms with Gasteiger partial charge in [-0.25, -0.2) is 0 Å². The van der Waals surface area contributed by atoms with Crippen LogP contribution in [0.1, 0.15) is 83.1 Å². The Balaban J connectivity index is 1.79. The van der Waals surface area contributed by atoms with Gasteiger partial charge in [0.15, 0.2) is 0 Å². The largest absolute Gasteiger partial charge is 0.0654 e. The average Bonchev–Trinajstić information content (AvgIpc) is 2.46. The summed E-state index contributed by atoms with van der Waals surface area (Å²) in [6, 6.07) is 12.3. The van der Waals surface area contributed by atoms with Crippen LogP contribution in [0, 0.1) is 12.1 Å². The molecule has 0 bridgehead atoms. The summed E-state index contributed by atoms with van der Waals surface area (Å²) in [7, 11) is 0. The smallest absolute Gasteiger partial charge is 0.0149 e. The summed E-state index contributed by atoms with van der Waals surface area (Å²) in [5.74, 6) is 0. The maximum atomic E-state index is 3.27. The van der Waals surface area contributed by atoms with Crippen molar-refractivity contribution in [1.29, 1.82) is 0 Å². The molecule has 0 aliphatic rings. The Morgan fingerprint density at radius 2 is 1.32 bits per heavy atom. The summed E-state index contributed by atoms with van der Waals surface area (Å²) in [6.07, 6.45) is 16.7. The van der Waals surface area contributed by atoms with Crippen molar-refractivity contribution >= 4 is 0 Å². The molecule has 0 heteroatoms. The molecule has 19 heavy (non-hydrogen) atoms. The highest BCUT2D eigenvalue weighted by molar-refractivity contribution is 5.11. The molecule has 0 aliphatic carbocycles. The number of benzene rings is 1. The van der Waals surface area contributed by atoms with Gasteiger partial charge in [0.25, 0.3) is 0 Å². The Morgan fingerprint density at radius 3 is 1.84 bits per heavy atom. The summed E-state index contributed by atoms with van der Waals surface area (Å²) in [5, 5.41) is 0. The normalized spacial score (nSPS) is 10.8. The van der Waals surface area contributed by atoms with E-state index in [4.69, 9.17) is 0 Å². The molecule has 0 fully saturated rings. The predicted octanol–water partition coefficient (Wildman–Crippen LogP) is 6.14. The third-order valence-electron chi connectivity index (χ3n) is 3.76. The molecule has 1 aromatic carbocycles. The number of aryl methyl sites for hydroxylation is 1. The first-order valence-electron chi connectivity index (χ1n) is 8.30. The van der Waals surface area contributed by atoms with E-state index in [1.807, 2.05) is 12.1 Å². The van der Waals surface area contributed by atoms with E-state index in [1.54, 1.807) is 0 Å². The highest BCUT2D eigenvalue weighted by Crippen LogP contribution is 2.12. The van der Waals surface area contributed by atoms with Gasteiger partial charge in [-0.15, -0.1) is 0 Å². The first-order chi connectivity index (χ1) is 9.43. The van der Waals surface area contributed by atoms with Gasteiger partial charge in [-0.05, 0) is 30.5 Å². The zero-order chi connectivity index (χ0) is 13.6. The Labute approximate surface area is 120 Å². The second kappa shape index (κ2) is 12.3. The Bertz CT molecular complexity index is 275. The molecule has 0 N–H and O–H groups in total. The van der Waals surface area contributed by atoms with E-state index < -0.39 is 0 Å². The van der Waals surface area contributed by atoms with Gasteiger partial charge in [0.1, 0.15) is 0 Å². The van der Waals surface area contributed by atoms with E-state index in [0.717, 1.165) is 0 Å². The van der Waals surface area contributed by atoms with Crippen LogP contribution < -0.4 is 0 Å². The van der Waals surface area contributed by atoms with Crippen LogP contribution in [0.3, 0.4) is 0 Å². The fourth-order valence-corrected chi connectivity index (χ4v) is 2.51. The van der Waals surface area contributed by atoms with Gasteiger partial charge < -0.3 is 0 Å². The molecular weight excluding hydrogens is 228 g/mol. The van der Waals surface area contributed by atoms with E-state index in [2.05, 4.69) is 25.1 Å². The molecule has 0 saturated heterocycles. The second-order valence-electron chi connectivity index (χ2n) is 5.60. The van der Waals surface area contributed by atoms with Crippen LogP contribution in [-0.2, 0) is 6.42 Å². The highest BCUT2D eigenvalue weighted by atomic mass is 14.0. The summed E-state index contributed by atoms with van der Waals surface area (Å²) < 4.78 is 0. The van der Waals surface area contributed by atoms with E-state index in [1.165, 1.54) is 82.6 Å². The zero-order valence-electron chi connectivity index (χ0n) is 12.7. The minimum atomic E-state index is 1.17. The lowest BCUT2D eigenvalue weighted by molar-refractivity contribution is 0.549. The highest BCUT2D eigenvalue weighted by Gasteiger charge is 1.94. The molecular formula is C19H30. The van der Waals surface area contributed by atoms with Crippen molar-refractivity contribution in [2.45, 2.75) is 84.0 Å². The monoisotopic (exact) mass is 258 g/mol. The van der Waals surface area contributed by atoms with Crippen LogP contribution in [0.4, 0.5) is 0 Å². The van der Waals surface area contributed by atoms with Gasteiger partial charge in [-0.1, -0.05) is 89.3 Å². The van der Waals surface area contributed by atoms with Crippen LogP contribution in [0.5, 0.6) is 0 Å². The van der Waals surface area contributed by atoms with Crippen molar-refractivity contribution < 1.29 is 0 Å². The molecule has 2 radical (unpaired) electrons. The standard InChI is InChI=1S/C19H30/c1-2-3-4-5-6-7-8-9-10-11-13-16-19-17-14-12-15-18-19/h12,14,18H,2-11,13,16H2,1H3. The fourth-order valence-electron chi connectivity index (χ4n) is 2.51. The molecule has 0 heterocycles. The number of hydrogen-bond donors (Lipinski definition) is 0. The predicted molar refractivity (Wildman–Crippen MR) is 84.3 cm³/mol. The van der Waals surface area contributed by atoms with Gasteiger partial charge in [-0.3, -0.25) is 0 Å². The van der Waals surface area contributed by atoms with Crippen molar-refractivity contribution in [3.63, 3.8) is 0 Å². The van der Waals surface area contributed by atoms with E-state index >= 15 is 0 Å². The van der Waals surface area contributed by atoms with Crippen molar-refractivity contribution in [3.05, 3.63) is 35.9 Å². The van der Waals surface area contributed by atoms with E-state index in [-0.39, 0.29) is 0 Å². The van der Waals surface area contributed by atoms with E-state index in [9.17, 15) is 0 Å². The maximum Gasteiger partial charge on any atom is -0.0149 e. The molecule has 0 nitrogen and oxygen atoms in total. The molecule has 1 rings (SSSR count). The first kappa shape index (κ1) is 16.3. The molecule has 0 spiro atoms. The van der Waals surface area contributed by atoms with Crippen LogP contribution in [0.15, 0.2) is 18.2 Å². The van der Waals surface area contributed by atoms with Gasteiger partial charge in [0.05, 0.1) is 0 Å². The van der Waals surface area contributed by atoms with E-state index in [0.29, 0.717) is 0 Å². The second-order valence-corrected chi connectivity index (χ2v) is 5.60. The van der Waals surface area contributed by atoms with Gasteiger partial charge in [-0.2, -0.15) is 0 Å². The summed E-state index contributed by atoms with van der Waals surface area (Å²) in [6.45, 7) is 2.28. The Kier molecular flexibility index (Phi) is 10.5. The summed E-state index contributed by atoms with van der Waals surface area (Å²) in [4.78, 5) is 0. The maximum absolute atomic E-state index is 3.27. The molecule has 0 saturated carbocycles. The summed E-state index contributed by atoms with van der Waals surface area (Å²) >= 11 is 0. The fraction of sp³-hybridized carbons (Fsp3) is 0.684. The number of rotatable bonds is 12. The Hall–Kier alpha value is -0.780.